The summed E-state index contributed by atoms with van der Waals surface area (Å²) in [5.74, 6) is 0.878. The van der Waals surface area contributed by atoms with E-state index in [-0.39, 0.29) is 0 Å². The van der Waals surface area contributed by atoms with Crippen molar-refractivity contribution in [2.75, 3.05) is 18.0 Å². The van der Waals surface area contributed by atoms with Crippen LogP contribution < -0.4 is 10.2 Å². The minimum Gasteiger partial charge on any atom is -0.369 e. The molecule has 2 rings (SSSR count). The third-order valence-corrected chi connectivity index (χ3v) is 4.16. The van der Waals surface area contributed by atoms with Gasteiger partial charge in [-0.2, -0.15) is 0 Å². The van der Waals surface area contributed by atoms with Crippen molar-refractivity contribution in [3.05, 3.63) is 29.8 Å². The van der Waals surface area contributed by atoms with E-state index in [4.69, 9.17) is 0 Å². The Morgan fingerprint density at radius 2 is 1.95 bits per heavy atom. The van der Waals surface area contributed by atoms with E-state index in [2.05, 4.69) is 55.3 Å². The van der Waals surface area contributed by atoms with E-state index >= 15 is 0 Å². The zero-order valence-corrected chi connectivity index (χ0v) is 12.7. The Balaban J connectivity index is 1.94. The molecular weight excluding hydrogens is 232 g/mol. The number of rotatable bonds is 5. The Bertz CT molecular complexity index is 371. The second kappa shape index (κ2) is 6.95. The molecule has 2 nitrogen and oxygen atoms in total. The molecule has 0 spiro atoms. The highest BCUT2D eigenvalue weighted by Gasteiger charge is 2.22. The lowest BCUT2D eigenvalue weighted by Crippen LogP contribution is -2.40. The quantitative estimate of drug-likeness (QED) is 0.810. The Morgan fingerprint density at radius 1 is 1.21 bits per heavy atom. The van der Waals surface area contributed by atoms with Gasteiger partial charge in [-0.1, -0.05) is 26.0 Å². The van der Waals surface area contributed by atoms with Crippen molar-refractivity contribution >= 4 is 5.69 Å². The van der Waals surface area contributed by atoms with Gasteiger partial charge in [-0.25, -0.2) is 0 Å². The fourth-order valence-electron chi connectivity index (χ4n) is 3.01. The molecule has 1 aromatic rings. The zero-order valence-electron chi connectivity index (χ0n) is 12.7. The largest absolute Gasteiger partial charge is 0.369 e. The van der Waals surface area contributed by atoms with Crippen LogP contribution in [0.5, 0.6) is 0 Å². The molecule has 1 fully saturated rings. The normalized spacial score (nSPS) is 23.6. The fraction of sp³-hybridized carbons (Fsp3) is 0.647. The fourth-order valence-corrected chi connectivity index (χ4v) is 3.01. The summed E-state index contributed by atoms with van der Waals surface area (Å²) < 4.78 is 0. The highest BCUT2D eigenvalue weighted by Crippen LogP contribution is 2.27. The predicted octanol–water partition coefficient (Wildman–Crippen LogP) is 3.81. The van der Waals surface area contributed by atoms with E-state index in [1.54, 1.807) is 0 Å². The highest BCUT2D eigenvalue weighted by atomic mass is 15.2. The molecule has 1 saturated heterocycles. The zero-order chi connectivity index (χ0) is 13.7. The minimum absolute atomic E-state index is 0.674. The molecule has 0 saturated carbocycles. The summed E-state index contributed by atoms with van der Waals surface area (Å²) in [5, 5.41) is 3.45. The summed E-state index contributed by atoms with van der Waals surface area (Å²) in [6.45, 7) is 10.2. The van der Waals surface area contributed by atoms with Crippen molar-refractivity contribution in [1.82, 2.24) is 5.32 Å². The van der Waals surface area contributed by atoms with Crippen molar-refractivity contribution in [3.8, 4) is 0 Å². The first-order valence-corrected chi connectivity index (χ1v) is 7.77. The average Bonchev–Trinajstić information content (AvgIpc) is 2.40. The Kier molecular flexibility index (Phi) is 5.26. The van der Waals surface area contributed by atoms with Crippen molar-refractivity contribution in [3.63, 3.8) is 0 Å². The van der Waals surface area contributed by atoms with Crippen LogP contribution in [0.15, 0.2) is 24.3 Å². The standard InChI is InChI=1S/C17H28N2/c1-4-10-18-13-16-5-7-17(8-6-16)19-11-9-14(2)12-15(19)3/h5-8,14-15,18H,4,9-13H2,1-3H3. The second-order valence-electron chi connectivity index (χ2n) is 6.02. The van der Waals surface area contributed by atoms with E-state index in [1.807, 2.05) is 0 Å². The third-order valence-electron chi connectivity index (χ3n) is 4.16. The van der Waals surface area contributed by atoms with Crippen LogP contribution in [0.3, 0.4) is 0 Å². The summed E-state index contributed by atoms with van der Waals surface area (Å²) in [5.41, 5.74) is 2.77. The van der Waals surface area contributed by atoms with Gasteiger partial charge in [-0.15, -0.1) is 0 Å². The van der Waals surface area contributed by atoms with Crippen molar-refractivity contribution in [2.45, 2.75) is 52.6 Å². The lowest BCUT2D eigenvalue weighted by atomic mass is 9.93. The van der Waals surface area contributed by atoms with Crippen LogP contribution in [-0.2, 0) is 6.54 Å². The molecule has 1 heterocycles. The number of piperidine rings is 1. The molecule has 2 atom stereocenters. The van der Waals surface area contributed by atoms with Gasteiger partial charge < -0.3 is 10.2 Å². The number of hydrogen-bond acceptors (Lipinski definition) is 2. The summed E-state index contributed by atoms with van der Waals surface area (Å²) in [6, 6.07) is 9.78. The maximum atomic E-state index is 3.45. The maximum Gasteiger partial charge on any atom is 0.0368 e. The van der Waals surface area contributed by atoms with Crippen LogP contribution in [0.25, 0.3) is 0 Å². The van der Waals surface area contributed by atoms with Gasteiger partial charge in [-0.05, 0) is 56.3 Å². The maximum absolute atomic E-state index is 3.45. The van der Waals surface area contributed by atoms with Gasteiger partial charge in [0.15, 0.2) is 0 Å². The molecule has 0 radical (unpaired) electrons. The van der Waals surface area contributed by atoms with Crippen LogP contribution in [0.2, 0.25) is 0 Å². The minimum atomic E-state index is 0.674. The van der Waals surface area contributed by atoms with Gasteiger partial charge in [0.2, 0.25) is 0 Å². The highest BCUT2D eigenvalue weighted by molar-refractivity contribution is 5.48. The number of benzene rings is 1. The van der Waals surface area contributed by atoms with Crippen LogP contribution in [0.1, 0.15) is 45.6 Å². The first-order chi connectivity index (χ1) is 9.20. The monoisotopic (exact) mass is 260 g/mol. The Hall–Kier alpha value is -1.02. The van der Waals surface area contributed by atoms with Gasteiger partial charge in [0.1, 0.15) is 0 Å². The van der Waals surface area contributed by atoms with E-state index in [0.29, 0.717) is 6.04 Å². The van der Waals surface area contributed by atoms with Gasteiger partial charge in [0.05, 0.1) is 0 Å². The molecule has 106 valence electrons. The molecule has 0 aliphatic carbocycles. The molecule has 1 aliphatic rings. The molecule has 1 aliphatic heterocycles. The van der Waals surface area contributed by atoms with E-state index in [0.717, 1.165) is 19.0 Å². The lowest BCUT2D eigenvalue weighted by Gasteiger charge is -2.38. The van der Waals surface area contributed by atoms with Crippen molar-refractivity contribution in [1.29, 1.82) is 0 Å². The number of hydrogen-bond donors (Lipinski definition) is 1. The van der Waals surface area contributed by atoms with Crippen LogP contribution in [-0.4, -0.2) is 19.1 Å². The molecule has 0 aromatic heterocycles. The van der Waals surface area contributed by atoms with Gasteiger partial charge in [-0.3, -0.25) is 0 Å². The van der Waals surface area contributed by atoms with Gasteiger partial charge in [0.25, 0.3) is 0 Å². The molecule has 0 bridgehead atoms. The molecule has 1 N–H and O–H groups in total. The predicted molar refractivity (Wildman–Crippen MR) is 83.6 cm³/mol. The number of nitrogens with one attached hydrogen (secondary N) is 1. The van der Waals surface area contributed by atoms with Gasteiger partial charge in [0, 0.05) is 24.8 Å². The molecule has 2 unspecified atom stereocenters. The van der Waals surface area contributed by atoms with E-state index in [9.17, 15) is 0 Å². The van der Waals surface area contributed by atoms with Crippen molar-refractivity contribution < 1.29 is 0 Å². The number of anilines is 1. The second-order valence-corrected chi connectivity index (χ2v) is 6.02. The molecule has 1 aromatic carbocycles. The Morgan fingerprint density at radius 3 is 2.58 bits per heavy atom. The summed E-state index contributed by atoms with van der Waals surface area (Å²) >= 11 is 0. The van der Waals surface area contributed by atoms with Crippen LogP contribution in [0, 0.1) is 5.92 Å². The Labute approximate surface area is 118 Å². The first-order valence-electron chi connectivity index (χ1n) is 7.77. The van der Waals surface area contributed by atoms with E-state index in [1.165, 1.54) is 37.1 Å². The van der Waals surface area contributed by atoms with Gasteiger partial charge >= 0.3 is 0 Å². The molecule has 19 heavy (non-hydrogen) atoms. The van der Waals surface area contributed by atoms with E-state index < -0.39 is 0 Å². The summed E-state index contributed by atoms with van der Waals surface area (Å²) in [7, 11) is 0. The third kappa shape index (κ3) is 3.97. The van der Waals surface area contributed by atoms with Crippen LogP contribution >= 0.6 is 0 Å². The SMILES string of the molecule is CCCNCc1ccc(N2CCC(C)CC2C)cc1. The molecule has 2 heteroatoms. The molecule has 0 amide bonds. The molecular formula is C17H28N2. The number of nitrogens with zero attached hydrogens (tertiary/aromatic N) is 1. The van der Waals surface area contributed by atoms with Crippen LogP contribution in [0.4, 0.5) is 5.69 Å². The van der Waals surface area contributed by atoms with Crippen molar-refractivity contribution in [2.24, 2.45) is 5.92 Å². The summed E-state index contributed by atoms with van der Waals surface area (Å²) in [4.78, 5) is 2.56. The average molecular weight is 260 g/mol. The lowest BCUT2D eigenvalue weighted by molar-refractivity contribution is 0.378. The first kappa shape index (κ1) is 14.4. The smallest absolute Gasteiger partial charge is 0.0368 e. The summed E-state index contributed by atoms with van der Waals surface area (Å²) in [6.07, 6.45) is 3.84. The topological polar surface area (TPSA) is 15.3 Å².